The fourth-order valence-corrected chi connectivity index (χ4v) is 3.75. The number of carbonyl (C=O) groups is 3. The zero-order valence-electron chi connectivity index (χ0n) is 15.5. The fraction of sp³-hybridized carbons (Fsp3) is 0.316. The summed E-state index contributed by atoms with van der Waals surface area (Å²) in [6, 6.07) is 3.46. The van der Waals surface area contributed by atoms with Crippen LogP contribution in [0.4, 0.5) is 4.79 Å². The number of amides is 2. The predicted molar refractivity (Wildman–Crippen MR) is 110 cm³/mol. The number of hydrogen-bond acceptors (Lipinski definition) is 7. The molecule has 150 valence electrons. The molecule has 1 fully saturated rings. The molecule has 0 unspecified atom stereocenters. The molecule has 0 aliphatic carbocycles. The summed E-state index contributed by atoms with van der Waals surface area (Å²) in [5, 5.41) is -0.515. The molecule has 0 bridgehead atoms. The molecule has 2 amide bonds. The third kappa shape index (κ3) is 5.39. The maximum Gasteiger partial charge on any atom is 0.326 e. The van der Waals surface area contributed by atoms with E-state index in [1.807, 2.05) is 6.92 Å². The van der Waals surface area contributed by atoms with E-state index in [1.165, 1.54) is 0 Å². The highest BCUT2D eigenvalue weighted by Crippen LogP contribution is 2.39. The molecule has 0 atom stereocenters. The number of hydrogen-bond donors (Lipinski definition) is 0. The first kappa shape index (κ1) is 22.0. The van der Waals surface area contributed by atoms with Crippen LogP contribution < -0.4 is 9.47 Å². The van der Waals surface area contributed by atoms with Gasteiger partial charge in [0.1, 0.15) is 13.2 Å². The number of imide groups is 1. The molecular formula is C19H20BrNO6S. The molecule has 1 aromatic rings. The Morgan fingerprint density at radius 3 is 2.64 bits per heavy atom. The molecular weight excluding hydrogens is 450 g/mol. The Morgan fingerprint density at radius 1 is 1.25 bits per heavy atom. The zero-order chi connectivity index (χ0) is 20.7. The first-order chi connectivity index (χ1) is 13.4. The summed E-state index contributed by atoms with van der Waals surface area (Å²) >= 11 is 4.21. The van der Waals surface area contributed by atoms with Gasteiger partial charge in [-0.3, -0.25) is 19.3 Å². The molecule has 2 rings (SSSR count). The number of esters is 1. The van der Waals surface area contributed by atoms with Crippen molar-refractivity contribution in [3.05, 3.63) is 39.7 Å². The lowest BCUT2D eigenvalue weighted by atomic mass is 10.2. The maximum atomic E-state index is 12.5. The smallest absolute Gasteiger partial charge is 0.326 e. The van der Waals surface area contributed by atoms with Crippen molar-refractivity contribution in [2.45, 2.75) is 13.8 Å². The number of ether oxygens (including phenoxy) is 3. The van der Waals surface area contributed by atoms with E-state index in [2.05, 4.69) is 22.5 Å². The number of carbonyl (C=O) groups excluding carboxylic acids is 3. The van der Waals surface area contributed by atoms with Crippen LogP contribution in [-0.2, 0) is 14.3 Å². The molecule has 1 heterocycles. The second-order valence-corrected chi connectivity index (χ2v) is 7.28. The summed E-state index contributed by atoms with van der Waals surface area (Å²) in [6.45, 7) is 7.63. The molecule has 28 heavy (non-hydrogen) atoms. The Labute approximate surface area is 175 Å². The van der Waals surface area contributed by atoms with Crippen LogP contribution in [0.1, 0.15) is 19.4 Å². The van der Waals surface area contributed by atoms with Crippen LogP contribution in [0.3, 0.4) is 0 Å². The van der Waals surface area contributed by atoms with Gasteiger partial charge in [0.25, 0.3) is 11.1 Å². The summed E-state index contributed by atoms with van der Waals surface area (Å²) in [6.07, 6.45) is 3.19. The van der Waals surface area contributed by atoms with E-state index in [1.54, 1.807) is 31.2 Å². The van der Waals surface area contributed by atoms with Gasteiger partial charge < -0.3 is 14.2 Å². The van der Waals surface area contributed by atoms with E-state index >= 15 is 0 Å². The Hall–Kier alpha value is -2.26. The lowest BCUT2D eigenvalue weighted by molar-refractivity contribution is -0.145. The lowest BCUT2D eigenvalue weighted by Crippen LogP contribution is -2.34. The van der Waals surface area contributed by atoms with Gasteiger partial charge >= 0.3 is 5.97 Å². The maximum absolute atomic E-state index is 12.5. The number of rotatable bonds is 9. The Balaban J connectivity index is 2.29. The molecule has 1 aromatic carbocycles. The summed E-state index contributed by atoms with van der Waals surface area (Å²) in [4.78, 5) is 37.3. The molecule has 0 aromatic heterocycles. The van der Waals surface area contributed by atoms with Crippen molar-refractivity contribution in [3.8, 4) is 11.5 Å². The van der Waals surface area contributed by atoms with Crippen molar-refractivity contribution >= 4 is 50.9 Å². The van der Waals surface area contributed by atoms with Gasteiger partial charge in [0.05, 0.1) is 22.6 Å². The van der Waals surface area contributed by atoms with E-state index in [0.717, 1.165) is 16.7 Å². The Morgan fingerprint density at radius 2 is 2.00 bits per heavy atom. The predicted octanol–water partition coefficient (Wildman–Crippen LogP) is 4.01. The average molecular weight is 470 g/mol. The van der Waals surface area contributed by atoms with E-state index in [-0.39, 0.29) is 11.5 Å². The van der Waals surface area contributed by atoms with Crippen LogP contribution in [0.25, 0.3) is 6.08 Å². The van der Waals surface area contributed by atoms with Crippen LogP contribution in [0.2, 0.25) is 0 Å². The van der Waals surface area contributed by atoms with Gasteiger partial charge in [0, 0.05) is 0 Å². The quantitative estimate of drug-likeness (QED) is 0.306. The van der Waals surface area contributed by atoms with Gasteiger partial charge in [-0.05, 0) is 65.3 Å². The van der Waals surface area contributed by atoms with Crippen molar-refractivity contribution in [2.24, 2.45) is 0 Å². The van der Waals surface area contributed by atoms with Gasteiger partial charge in [-0.25, -0.2) is 0 Å². The van der Waals surface area contributed by atoms with Crippen LogP contribution in [0.5, 0.6) is 11.5 Å². The van der Waals surface area contributed by atoms with Gasteiger partial charge in [0.15, 0.2) is 11.5 Å². The first-order valence-electron chi connectivity index (χ1n) is 8.52. The fourth-order valence-electron chi connectivity index (χ4n) is 2.34. The second kappa shape index (κ2) is 10.3. The minimum atomic E-state index is -0.629. The Bertz CT molecular complexity index is 823. The minimum Gasteiger partial charge on any atom is -0.490 e. The minimum absolute atomic E-state index is 0.180. The normalized spacial score (nSPS) is 15.1. The van der Waals surface area contributed by atoms with E-state index in [4.69, 9.17) is 14.2 Å². The van der Waals surface area contributed by atoms with Gasteiger partial charge in [-0.1, -0.05) is 12.7 Å². The molecule has 0 saturated carbocycles. The lowest BCUT2D eigenvalue weighted by Gasteiger charge is -2.14. The van der Waals surface area contributed by atoms with E-state index in [9.17, 15) is 14.4 Å². The molecule has 0 radical (unpaired) electrons. The summed E-state index contributed by atoms with van der Waals surface area (Å²) < 4.78 is 16.7. The summed E-state index contributed by atoms with van der Waals surface area (Å²) in [5.41, 5.74) is 0.642. The van der Waals surface area contributed by atoms with Gasteiger partial charge in [-0.2, -0.15) is 0 Å². The van der Waals surface area contributed by atoms with Crippen molar-refractivity contribution in [1.82, 2.24) is 4.90 Å². The summed E-state index contributed by atoms with van der Waals surface area (Å²) in [7, 11) is 0. The van der Waals surface area contributed by atoms with E-state index < -0.39 is 23.7 Å². The topological polar surface area (TPSA) is 82.1 Å². The van der Waals surface area contributed by atoms with Crippen molar-refractivity contribution in [1.29, 1.82) is 0 Å². The summed E-state index contributed by atoms with van der Waals surface area (Å²) in [5.74, 6) is -0.148. The number of thioether (sulfide) groups is 1. The van der Waals surface area contributed by atoms with Crippen molar-refractivity contribution in [2.75, 3.05) is 26.4 Å². The van der Waals surface area contributed by atoms with Crippen LogP contribution >= 0.6 is 27.7 Å². The molecule has 0 N–H and O–H groups in total. The van der Waals surface area contributed by atoms with Crippen LogP contribution in [-0.4, -0.2) is 48.4 Å². The van der Waals surface area contributed by atoms with Gasteiger partial charge in [0.2, 0.25) is 0 Å². The monoisotopic (exact) mass is 469 g/mol. The molecule has 1 aliphatic rings. The average Bonchev–Trinajstić information content (AvgIpc) is 2.89. The van der Waals surface area contributed by atoms with Crippen molar-refractivity contribution < 1.29 is 28.6 Å². The zero-order valence-corrected chi connectivity index (χ0v) is 17.9. The van der Waals surface area contributed by atoms with Crippen LogP contribution in [0.15, 0.2) is 34.2 Å². The molecule has 7 nitrogen and oxygen atoms in total. The highest BCUT2D eigenvalue weighted by molar-refractivity contribution is 9.10. The molecule has 1 saturated heterocycles. The third-order valence-corrected chi connectivity index (χ3v) is 4.94. The second-order valence-electron chi connectivity index (χ2n) is 5.44. The third-order valence-electron chi connectivity index (χ3n) is 3.44. The van der Waals surface area contributed by atoms with E-state index in [0.29, 0.717) is 34.7 Å². The molecule has 1 aliphatic heterocycles. The number of halogens is 1. The SMILES string of the molecule is C=CCOc1c(Br)cc(/C=C2\SC(=O)N(CC(=O)OCC)C2=O)cc1OCC. The van der Waals surface area contributed by atoms with Crippen LogP contribution in [0, 0.1) is 0 Å². The standard InChI is InChI=1S/C19H20BrNO6S/c1-4-7-27-17-13(20)8-12(9-14(17)25-5-2)10-15-18(23)21(19(24)28-15)11-16(22)26-6-3/h4,8-10H,1,5-7,11H2,2-3H3/b15-10-. The van der Waals surface area contributed by atoms with Gasteiger partial charge in [-0.15, -0.1) is 0 Å². The highest BCUT2D eigenvalue weighted by atomic mass is 79.9. The highest BCUT2D eigenvalue weighted by Gasteiger charge is 2.36. The molecule has 9 heteroatoms. The van der Waals surface area contributed by atoms with Crippen molar-refractivity contribution in [3.63, 3.8) is 0 Å². The number of benzene rings is 1. The first-order valence-corrected chi connectivity index (χ1v) is 10.1. The largest absolute Gasteiger partial charge is 0.490 e. The number of nitrogens with zero attached hydrogens (tertiary/aromatic N) is 1. The Kier molecular flexibility index (Phi) is 8.13. The molecule has 0 spiro atoms.